The largest absolute Gasteiger partial charge is 0.493 e. The molecule has 0 spiro atoms. The average molecular weight is 454 g/mol. The number of carbonyl (C=O) groups excluding carboxylic acids is 2. The SMILES string of the molecule is C=CCN1C(=O)/C(=C/C2=CN3CCc4cc(OC)c(OC)cc4C3C[C@H]2C)C(=O)NC1=S. The van der Waals surface area contributed by atoms with Crippen molar-refractivity contribution in [3.8, 4) is 11.5 Å². The minimum absolute atomic E-state index is 0.0980. The molecule has 3 aliphatic rings. The van der Waals surface area contributed by atoms with E-state index in [9.17, 15) is 9.59 Å². The van der Waals surface area contributed by atoms with Crippen LogP contribution in [0.3, 0.4) is 0 Å². The monoisotopic (exact) mass is 453 g/mol. The van der Waals surface area contributed by atoms with Crippen molar-refractivity contribution < 1.29 is 19.1 Å². The van der Waals surface area contributed by atoms with Crippen molar-refractivity contribution in [2.75, 3.05) is 27.3 Å². The highest BCUT2D eigenvalue weighted by Crippen LogP contribution is 2.44. The maximum atomic E-state index is 12.9. The van der Waals surface area contributed by atoms with Crippen LogP contribution >= 0.6 is 12.2 Å². The second kappa shape index (κ2) is 8.78. The maximum Gasteiger partial charge on any atom is 0.265 e. The molecule has 168 valence electrons. The highest BCUT2D eigenvalue weighted by atomic mass is 32.1. The van der Waals surface area contributed by atoms with Gasteiger partial charge in [-0.2, -0.15) is 0 Å². The number of thiocarbonyl (C=S) groups is 1. The second-order valence-electron chi connectivity index (χ2n) is 8.20. The highest BCUT2D eigenvalue weighted by molar-refractivity contribution is 7.80. The molecule has 1 N–H and O–H groups in total. The van der Waals surface area contributed by atoms with Crippen molar-refractivity contribution in [2.24, 2.45) is 5.92 Å². The molecule has 7 nitrogen and oxygen atoms in total. The van der Waals surface area contributed by atoms with E-state index in [-0.39, 0.29) is 29.2 Å². The molecule has 1 aromatic rings. The first-order valence-electron chi connectivity index (χ1n) is 10.6. The van der Waals surface area contributed by atoms with Crippen molar-refractivity contribution in [3.63, 3.8) is 0 Å². The summed E-state index contributed by atoms with van der Waals surface area (Å²) < 4.78 is 11.0. The lowest BCUT2D eigenvalue weighted by Crippen LogP contribution is -2.54. The number of hydrogen-bond acceptors (Lipinski definition) is 6. The Hall–Kier alpha value is -3.13. The van der Waals surface area contributed by atoms with E-state index < -0.39 is 11.8 Å². The fraction of sp³-hybridized carbons (Fsp3) is 0.375. The summed E-state index contributed by atoms with van der Waals surface area (Å²) >= 11 is 5.14. The summed E-state index contributed by atoms with van der Waals surface area (Å²) in [5, 5.41) is 2.72. The van der Waals surface area contributed by atoms with Gasteiger partial charge in [0.25, 0.3) is 11.8 Å². The molecule has 3 aliphatic heterocycles. The Balaban J connectivity index is 1.66. The number of benzene rings is 1. The molecule has 32 heavy (non-hydrogen) atoms. The molecule has 0 saturated carbocycles. The predicted molar refractivity (Wildman–Crippen MR) is 125 cm³/mol. The molecule has 1 saturated heterocycles. The molecule has 1 aromatic carbocycles. The molecule has 0 radical (unpaired) electrons. The van der Waals surface area contributed by atoms with Crippen LogP contribution in [0.25, 0.3) is 0 Å². The summed E-state index contributed by atoms with van der Waals surface area (Å²) in [5.74, 6) is 0.768. The minimum atomic E-state index is -0.462. The van der Waals surface area contributed by atoms with Crippen molar-refractivity contribution >= 4 is 29.1 Å². The van der Waals surface area contributed by atoms with Crippen LogP contribution in [-0.4, -0.2) is 54.0 Å². The van der Waals surface area contributed by atoms with Crippen molar-refractivity contribution in [3.05, 3.63) is 59.3 Å². The van der Waals surface area contributed by atoms with Crippen LogP contribution in [0.2, 0.25) is 0 Å². The summed E-state index contributed by atoms with van der Waals surface area (Å²) in [6.45, 7) is 6.88. The summed E-state index contributed by atoms with van der Waals surface area (Å²) in [7, 11) is 3.29. The third kappa shape index (κ3) is 3.79. The Bertz CT molecular complexity index is 1060. The van der Waals surface area contributed by atoms with Crippen LogP contribution in [0.1, 0.15) is 30.5 Å². The van der Waals surface area contributed by atoms with Crippen LogP contribution in [0.15, 0.2) is 48.2 Å². The van der Waals surface area contributed by atoms with Gasteiger partial charge in [0.15, 0.2) is 16.6 Å². The van der Waals surface area contributed by atoms with Gasteiger partial charge in [-0.3, -0.25) is 19.8 Å². The standard InChI is InChI=1S/C24H27N3O4S/c1-5-7-27-23(29)18(22(28)25-24(27)32)10-16-13-26-8-6-15-11-20(30-3)21(31-4)12-17(15)19(26)9-14(16)2/h5,10-14,19H,1,6-9H2,2-4H3,(H,25,28,32)/b18-10+/t14-,19?/m1/s1. The fourth-order valence-corrected chi connectivity index (χ4v) is 4.84. The van der Waals surface area contributed by atoms with E-state index >= 15 is 0 Å². The third-order valence-electron chi connectivity index (χ3n) is 6.31. The molecule has 1 fully saturated rings. The summed E-state index contributed by atoms with van der Waals surface area (Å²) in [4.78, 5) is 29.0. The number of methoxy groups -OCH3 is 2. The van der Waals surface area contributed by atoms with Gasteiger partial charge in [0.1, 0.15) is 5.57 Å². The number of amides is 2. The Kier molecular flexibility index (Phi) is 6.06. The summed E-state index contributed by atoms with van der Waals surface area (Å²) in [5.41, 5.74) is 3.55. The van der Waals surface area contributed by atoms with E-state index in [1.54, 1.807) is 26.4 Å². The molecular formula is C24H27N3O4S. The number of ether oxygens (including phenoxy) is 2. The molecule has 1 unspecified atom stereocenters. The van der Waals surface area contributed by atoms with Crippen molar-refractivity contribution in [1.29, 1.82) is 0 Å². The Labute approximate surface area is 193 Å². The summed E-state index contributed by atoms with van der Waals surface area (Å²) in [6, 6.07) is 4.34. The molecule has 2 atom stereocenters. The van der Waals surface area contributed by atoms with E-state index in [2.05, 4.69) is 42.1 Å². The normalized spacial score (nSPS) is 23.9. The van der Waals surface area contributed by atoms with Crippen LogP contribution in [0.5, 0.6) is 11.5 Å². The number of nitrogens with one attached hydrogen (secondary N) is 1. The third-order valence-corrected chi connectivity index (χ3v) is 6.64. The molecule has 0 bridgehead atoms. The first kappa shape index (κ1) is 22.1. The smallest absolute Gasteiger partial charge is 0.265 e. The van der Waals surface area contributed by atoms with Gasteiger partial charge in [0, 0.05) is 19.3 Å². The Morgan fingerprint density at radius 3 is 2.66 bits per heavy atom. The van der Waals surface area contributed by atoms with Gasteiger partial charge in [-0.15, -0.1) is 6.58 Å². The first-order valence-corrected chi connectivity index (χ1v) is 11.0. The van der Waals surface area contributed by atoms with Crippen molar-refractivity contribution in [2.45, 2.75) is 25.8 Å². The second-order valence-corrected chi connectivity index (χ2v) is 8.58. The zero-order valence-electron chi connectivity index (χ0n) is 18.5. The quantitative estimate of drug-likeness (QED) is 0.320. The molecule has 8 heteroatoms. The van der Waals surface area contributed by atoms with Gasteiger partial charge in [-0.25, -0.2) is 0 Å². The topological polar surface area (TPSA) is 71.1 Å². The van der Waals surface area contributed by atoms with Gasteiger partial charge in [-0.1, -0.05) is 13.0 Å². The molecule has 0 aromatic heterocycles. The fourth-order valence-electron chi connectivity index (χ4n) is 4.59. The highest BCUT2D eigenvalue weighted by Gasteiger charge is 2.36. The zero-order chi connectivity index (χ0) is 23.0. The van der Waals surface area contributed by atoms with Gasteiger partial charge in [-0.05, 0) is 65.9 Å². The lowest BCUT2D eigenvalue weighted by Gasteiger charge is -2.42. The number of nitrogens with zero attached hydrogens (tertiary/aromatic N) is 2. The van der Waals surface area contributed by atoms with E-state index in [1.807, 2.05) is 0 Å². The van der Waals surface area contributed by atoms with Crippen LogP contribution in [0.4, 0.5) is 0 Å². The van der Waals surface area contributed by atoms with Crippen molar-refractivity contribution in [1.82, 2.24) is 15.1 Å². The van der Waals surface area contributed by atoms with E-state index in [0.29, 0.717) is 0 Å². The molecule has 0 aliphatic carbocycles. The van der Waals surface area contributed by atoms with E-state index in [1.165, 1.54) is 16.0 Å². The summed E-state index contributed by atoms with van der Waals surface area (Å²) in [6.07, 6.45) is 7.11. The molecule has 3 heterocycles. The number of carbonyl (C=O) groups is 2. The zero-order valence-corrected chi connectivity index (χ0v) is 19.3. The number of rotatable bonds is 5. The first-order chi connectivity index (χ1) is 15.4. The van der Waals surface area contributed by atoms with Gasteiger partial charge < -0.3 is 14.4 Å². The Morgan fingerprint density at radius 2 is 1.97 bits per heavy atom. The van der Waals surface area contributed by atoms with Gasteiger partial charge in [0.05, 0.1) is 20.3 Å². The van der Waals surface area contributed by atoms with Crippen LogP contribution in [0, 0.1) is 5.92 Å². The minimum Gasteiger partial charge on any atom is -0.493 e. The molecule has 4 rings (SSSR count). The van der Waals surface area contributed by atoms with Crippen LogP contribution < -0.4 is 14.8 Å². The average Bonchev–Trinajstić information content (AvgIpc) is 2.78. The van der Waals surface area contributed by atoms with Gasteiger partial charge in [0.2, 0.25) is 0 Å². The van der Waals surface area contributed by atoms with Gasteiger partial charge >= 0.3 is 0 Å². The predicted octanol–water partition coefficient (Wildman–Crippen LogP) is 2.88. The maximum absolute atomic E-state index is 12.9. The number of fused-ring (bicyclic) bond motifs is 3. The number of allylic oxidation sites excluding steroid dienone is 2. The Morgan fingerprint density at radius 1 is 1.25 bits per heavy atom. The number of hydrogen-bond donors (Lipinski definition) is 1. The lowest BCUT2D eigenvalue weighted by atomic mass is 9.81. The molecular weight excluding hydrogens is 426 g/mol. The van der Waals surface area contributed by atoms with E-state index in [0.717, 1.165) is 36.5 Å². The van der Waals surface area contributed by atoms with Crippen LogP contribution in [-0.2, 0) is 16.0 Å². The lowest BCUT2D eigenvalue weighted by molar-refractivity contribution is -0.128. The van der Waals surface area contributed by atoms with E-state index in [4.69, 9.17) is 21.7 Å². The molecule has 2 amide bonds.